The molecule has 0 spiro atoms. The zero-order valence-electron chi connectivity index (χ0n) is 14.4. The quantitative estimate of drug-likeness (QED) is 0.664. The summed E-state index contributed by atoms with van der Waals surface area (Å²) in [7, 11) is 1.76. The lowest BCUT2D eigenvalue weighted by atomic mass is 9.78. The summed E-state index contributed by atoms with van der Waals surface area (Å²) >= 11 is 0. The molecule has 1 aliphatic carbocycles. The van der Waals surface area contributed by atoms with E-state index in [9.17, 15) is 4.39 Å². The van der Waals surface area contributed by atoms with Gasteiger partial charge in [0.1, 0.15) is 5.82 Å². The smallest absolute Gasteiger partial charge is 0.191 e. The van der Waals surface area contributed by atoms with Crippen LogP contribution in [0.5, 0.6) is 0 Å². The van der Waals surface area contributed by atoms with Crippen LogP contribution in [0.3, 0.4) is 0 Å². The van der Waals surface area contributed by atoms with Gasteiger partial charge in [-0.2, -0.15) is 0 Å². The molecule has 0 fully saturated rings. The van der Waals surface area contributed by atoms with E-state index in [2.05, 4.69) is 39.9 Å². The maximum absolute atomic E-state index is 13.7. The predicted molar refractivity (Wildman–Crippen MR) is 96.9 cm³/mol. The summed E-state index contributed by atoms with van der Waals surface area (Å²) in [5.41, 5.74) is 4.44. The molecule has 0 aromatic heterocycles. The van der Waals surface area contributed by atoms with Crippen LogP contribution in [-0.2, 0) is 6.42 Å². The van der Waals surface area contributed by atoms with Gasteiger partial charge < -0.3 is 10.6 Å². The van der Waals surface area contributed by atoms with Crippen LogP contribution < -0.4 is 10.6 Å². The molecule has 2 N–H and O–H groups in total. The first-order valence-corrected chi connectivity index (χ1v) is 8.39. The molecule has 4 heteroatoms. The number of halogens is 1. The van der Waals surface area contributed by atoms with Crippen LogP contribution in [0.2, 0.25) is 0 Å². The fourth-order valence-corrected chi connectivity index (χ4v) is 3.13. The van der Waals surface area contributed by atoms with Crippen molar-refractivity contribution in [2.24, 2.45) is 4.99 Å². The monoisotopic (exact) mass is 325 g/mol. The lowest BCUT2D eigenvalue weighted by Crippen LogP contribution is -2.42. The highest BCUT2D eigenvalue weighted by Crippen LogP contribution is 2.33. The van der Waals surface area contributed by atoms with Crippen molar-refractivity contribution in [2.75, 3.05) is 13.6 Å². The second-order valence-electron chi connectivity index (χ2n) is 6.43. The molecule has 3 nitrogen and oxygen atoms in total. The van der Waals surface area contributed by atoms with Gasteiger partial charge in [-0.25, -0.2) is 4.39 Å². The Morgan fingerprint density at radius 1 is 1.29 bits per heavy atom. The average molecular weight is 325 g/mol. The number of aliphatic imine (C=N–C) groups is 1. The van der Waals surface area contributed by atoms with E-state index in [0.717, 1.165) is 24.5 Å². The summed E-state index contributed by atoms with van der Waals surface area (Å²) in [4.78, 5) is 4.28. The van der Waals surface area contributed by atoms with Gasteiger partial charge in [0.2, 0.25) is 0 Å². The van der Waals surface area contributed by atoms with E-state index in [-0.39, 0.29) is 11.9 Å². The van der Waals surface area contributed by atoms with Crippen LogP contribution in [0.4, 0.5) is 4.39 Å². The minimum atomic E-state index is -0.171. The molecule has 1 aliphatic rings. The van der Waals surface area contributed by atoms with E-state index >= 15 is 0 Å². The Bertz CT molecular complexity index is 754. The molecule has 0 bridgehead atoms. The van der Waals surface area contributed by atoms with Gasteiger partial charge in [-0.3, -0.25) is 4.99 Å². The van der Waals surface area contributed by atoms with Gasteiger partial charge in [-0.05, 0) is 48.6 Å². The molecular weight excluding hydrogens is 301 g/mol. The lowest BCUT2D eigenvalue weighted by molar-refractivity contribution is 0.575. The van der Waals surface area contributed by atoms with Crippen LogP contribution in [-0.4, -0.2) is 19.6 Å². The standard InChI is InChI=1S/C20H24FN3/c1-13-8-9-15(11-19(13)21)14(2)24-20(22-3)23-12-17-10-16-6-4-5-7-18(16)17/h4-9,11,14,17H,10,12H2,1-3H3,(H2,22,23,24). The summed E-state index contributed by atoms with van der Waals surface area (Å²) in [5.74, 6) is 1.11. The molecule has 2 unspecified atom stereocenters. The van der Waals surface area contributed by atoms with Crippen LogP contribution >= 0.6 is 0 Å². The van der Waals surface area contributed by atoms with E-state index in [1.165, 1.54) is 11.1 Å². The Hall–Kier alpha value is -2.36. The van der Waals surface area contributed by atoms with Crippen molar-refractivity contribution in [3.63, 3.8) is 0 Å². The molecule has 0 radical (unpaired) electrons. The van der Waals surface area contributed by atoms with Gasteiger partial charge in [-0.15, -0.1) is 0 Å². The van der Waals surface area contributed by atoms with Crippen LogP contribution in [0, 0.1) is 12.7 Å². The molecule has 2 aromatic carbocycles. The summed E-state index contributed by atoms with van der Waals surface area (Å²) < 4.78 is 13.7. The predicted octanol–water partition coefficient (Wildman–Crippen LogP) is 3.70. The molecule has 126 valence electrons. The summed E-state index contributed by atoms with van der Waals surface area (Å²) in [6.45, 7) is 4.63. The van der Waals surface area contributed by atoms with Gasteiger partial charge in [-0.1, -0.05) is 36.4 Å². The third-order valence-electron chi connectivity index (χ3n) is 4.75. The van der Waals surface area contributed by atoms with Crippen LogP contribution in [0.1, 0.15) is 41.1 Å². The highest BCUT2D eigenvalue weighted by Gasteiger charge is 2.25. The molecular formula is C20H24FN3. The van der Waals surface area contributed by atoms with E-state index in [0.29, 0.717) is 11.5 Å². The molecule has 2 atom stereocenters. The van der Waals surface area contributed by atoms with Gasteiger partial charge in [0.05, 0.1) is 6.04 Å². The van der Waals surface area contributed by atoms with Gasteiger partial charge >= 0.3 is 0 Å². The molecule has 2 aromatic rings. The minimum Gasteiger partial charge on any atom is -0.356 e. The Labute approximate surface area is 143 Å². The Balaban J connectivity index is 1.56. The Kier molecular flexibility index (Phi) is 4.84. The van der Waals surface area contributed by atoms with Crippen molar-refractivity contribution in [1.82, 2.24) is 10.6 Å². The van der Waals surface area contributed by atoms with Crippen molar-refractivity contribution < 1.29 is 4.39 Å². The fraction of sp³-hybridized carbons (Fsp3) is 0.350. The van der Waals surface area contributed by atoms with Gasteiger partial charge in [0.25, 0.3) is 0 Å². The number of benzene rings is 2. The second-order valence-corrected chi connectivity index (χ2v) is 6.43. The fourth-order valence-electron chi connectivity index (χ4n) is 3.13. The van der Waals surface area contributed by atoms with Crippen molar-refractivity contribution in [1.29, 1.82) is 0 Å². The molecule has 0 aliphatic heterocycles. The normalized spacial score (nSPS) is 17.7. The largest absolute Gasteiger partial charge is 0.356 e. The molecule has 0 heterocycles. The second kappa shape index (κ2) is 7.04. The first kappa shape index (κ1) is 16.5. The number of aryl methyl sites for hydroxylation is 1. The van der Waals surface area contributed by atoms with Crippen LogP contribution in [0.15, 0.2) is 47.5 Å². The number of guanidine groups is 1. The average Bonchev–Trinajstić information content (AvgIpc) is 2.56. The highest BCUT2D eigenvalue weighted by atomic mass is 19.1. The Morgan fingerprint density at radius 2 is 2.08 bits per heavy atom. The summed E-state index contributed by atoms with van der Waals surface area (Å²) in [5, 5.41) is 6.71. The highest BCUT2D eigenvalue weighted by molar-refractivity contribution is 5.80. The summed E-state index contributed by atoms with van der Waals surface area (Å²) in [6, 6.07) is 13.9. The maximum atomic E-state index is 13.7. The number of fused-ring (bicyclic) bond motifs is 1. The van der Waals surface area contributed by atoms with Crippen molar-refractivity contribution in [3.8, 4) is 0 Å². The van der Waals surface area contributed by atoms with Crippen molar-refractivity contribution in [3.05, 3.63) is 70.5 Å². The topological polar surface area (TPSA) is 36.4 Å². The van der Waals surface area contributed by atoms with Crippen LogP contribution in [0.25, 0.3) is 0 Å². The third kappa shape index (κ3) is 3.42. The zero-order chi connectivity index (χ0) is 17.1. The number of hydrogen-bond acceptors (Lipinski definition) is 1. The Morgan fingerprint density at radius 3 is 2.79 bits per heavy atom. The number of nitrogens with zero attached hydrogens (tertiary/aromatic N) is 1. The first-order valence-electron chi connectivity index (χ1n) is 8.39. The third-order valence-corrected chi connectivity index (χ3v) is 4.75. The molecule has 0 saturated heterocycles. The number of rotatable bonds is 4. The van der Waals surface area contributed by atoms with E-state index in [1.54, 1.807) is 20.0 Å². The molecule has 0 amide bonds. The van der Waals surface area contributed by atoms with E-state index in [1.807, 2.05) is 19.1 Å². The van der Waals surface area contributed by atoms with Crippen molar-refractivity contribution in [2.45, 2.75) is 32.2 Å². The SMILES string of the molecule is CN=C(NCC1Cc2ccccc21)NC(C)c1ccc(C)c(F)c1. The van der Waals surface area contributed by atoms with Gasteiger partial charge in [0.15, 0.2) is 5.96 Å². The molecule has 24 heavy (non-hydrogen) atoms. The lowest BCUT2D eigenvalue weighted by Gasteiger charge is -2.31. The first-order chi connectivity index (χ1) is 11.6. The van der Waals surface area contributed by atoms with Gasteiger partial charge in [0, 0.05) is 19.5 Å². The van der Waals surface area contributed by atoms with E-state index < -0.39 is 0 Å². The summed E-state index contributed by atoms with van der Waals surface area (Å²) in [6.07, 6.45) is 1.11. The molecule has 3 rings (SSSR count). The maximum Gasteiger partial charge on any atom is 0.191 e. The number of nitrogens with one attached hydrogen (secondary N) is 2. The minimum absolute atomic E-state index is 0.0139. The number of hydrogen-bond donors (Lipinski definition) is 2. The van der Waals surface area contributed by atoms with E-state index in [4.69, 9.17) is 0 Å². The molecule has 0 saturated carbocycles. The van der Waals surface area contributed by atoms with Crippen molar-refractivity contribution >= 4 is 5.96 Å². The zero-order valence-corrected chi connectivity index (χ0v) is 14.4.